The quantitative estimate of drug-likeness (QED) is 0.469. The van der Waals surface area contributed by atoms with E-state index in [1.165, 1.54) is 5.56 Å². The number of hydrogen-bond donors (Lipinski definition) is 1. The van der Waals surface area contributed by atoms with E-state index in [-0.39, 0.29) is 0 Å². The molecule has 1 N–H and O–H groups in total. The number of hydrogen-bond acceptors (Lipinski definition) is 7. The van der Waals surface area contributed by atoms with Crippen LogP contribution in [0.3, 0.4) is 0 Å². The van der Waals surface area contributed by atoms with Crippen molar-refractivity contribution in [2.75, 3.05) is 12.4 Å². The van der Waals surface area contributed by atoms with Gasteiger partial charge in [0.15, 0.2) is 11.2 Å². The van der Waals surface area contributed by atoms with Crippen LogP contribution < -0.4 is 10.1 Å². The monoisotopic (exact) mass is 398 g/mol. The van der Waals surface area contributed by atoms with Gasteiger partial charge in [0.25, 0.3) is 0 Å². The topological polar surface area (TPSA) is 95.6 Å². The van der Waals surface area contributed by atoms with Crippen molar-refractivity contribution in [1.82, 2.24) is 34.7 Å². The highest BCUT2D eigenvalue weighted by molar-refractivity contribution is 5.72. The number of aromatic nitrogens is 7. The normalized spacial score (nSPS) is 11.0. The van der Waals surface area contributed by atoms with E-state index < -0.39 is 0 Å². The molecule has 9 heteroatoms. The Balaban J connectivity index is 1.39. The van der Waals surface area contributed by atoms with E-state index in [4.69, 9.17) is 4.74 Å². The van der Waals surface area contributed by atoms with E-state index in [2.05, 4.69) is 42.8 Å². The zero-order valence-corrected chi connectivity index (χ0v) is 16.2. The maximum absolute atomic E-state index is 5.21. The van der Waals surface area contributed by atoms with E-state index in [0.29, 0.717) is 23.7 Å². The molecular weight excluding hydrogens is 380 g/mol. The molecular formula is C21H18N8O. The lowest BCUT2D eigenvalue weighted by molar-refractivity contribution is 0.414. The third kappa shape index (κ3) is 3.55. The van der Waals surface area contributed by atoms with Crippen LogP contribution in [0.2, 0.25) is 0 Å². The number of rotatable bonds is 6. The van der Waals surface area contributed by atoms with Crippen molar-refractivity contribution in [2.45, 2.75) is 6.54 Å². The Morgan fingerprint density at radius 3 is 2.63 bits per heavy atom. The van der Waals surface area contributed by atoms with Gasteiger partial charge >= 0.3 is 0 Å². The Kier molecular flexibility index (Phi) is 4.53. The highest BCUT2D eigenvalue weighted by Crippen LogP contribution is 2.19. The number of anilines is 2. The molecule has 0 aliphatic rings. The number of fused-ring (bicyclic) bond motifs is 1. The van der Waals surface area contributed by atoms with Gasteiger partial charge in [0.05, 0.1) is 37.4 Å². The van der Waals surface area contributed by atoms with Crippen LogP contribution in [-0.2, 0) is 6.54 Å². The highest BCUT2D eigenvalue weighted by atomic mass is 16.5. The fourth-order valence-electron chi connectivity index (χ4n) is 3.10. The largest absolute Gasteiger partial charge is 0.497 e. The second-order valence-electron chi connectivity index (χ2n) is 6.64. The lowest BCUT2D eigenvalue weighted by atomic mass is 10.2. The minimum absolute atomic E-state index is 0.443. The van der Waals surface area contributed by atoms with Gasteiger partial charge in [0.2, 0.25) is 5.95 Å². The molecule has 0 saturated heterocycles. The van der Waals surface area contributed by atoms with E-state index in [0.717, 1.165) is 17.1 Å². The number of nitrogens with one attached hydrogen (secondary N) is 1. The summed E-state index contributed by atoms with van der Waals surface area (Å²) in [7, 11) is 1.63. The first-order valence-corrected chi connectivity index (χ1v) is 9.35. The van der Waals surface area contributed by atoms with Crippen LogP contribution in [0, 0.1) is 0 Å². The van der Waals surface area contributed by atoms with Crippen molar-refractivity contribution in [3.05, 3.63) is 78.8 Å². The van der Waals surface area contributed by atoms with Crippen LogP contribution >= 0.6 is 0 Å². The van der Waals surface area contributed by atoms with Crippen molar-refractivity contribution < 1.29 is 4.74 Å². The molecule has 0 amide bonds. The van der Waals surface area contributed by atoms with Gasteiger partial charge in [-0.15, -0.1) is 5.10 Å². The summed E-state index contributed by atoms with van der Waals surface area (Å²) in [6.07, 6.45) is 5.31. The summed E-state index contributed by atoms with van der Waals surface area (Å²) in [4.78, 5) is 8.92. The summed E-state index contributed by atoms with van der Waals surface area (Å²) >= 11 is 0. The van der Waals surface area contributed by atoms with E-state index in [9.17, 15) is 0 Å². The van der Waals surface area contributed by atoms with E-state index >= 15 is 0 Å². The summed E-state index contributed by atoms with van der Waals surface area (Å²) in [5.41, 5.74) is 4.03. The van der Waals surface area contributed by atoms with Gasteiger partial charge in [-0.25, -0.2) is 4.98 Å². The second-order valence-corrected chi connectivity index (χ2v) is 6.64. The molecule has 148 valence electrons. The van der Waals surface area contributed by atoms with Crippen molar-refractivity contribution in [3.8, 4) is 11.4 Å². The molecule has 0 fully saturated rings. The Labute approximate surface area is 172 Å². The molecule has 0 aliphatic heterocycles. The van der Waals surface area contributed by atoms with Gasteiger partial charge in [-0.1, -0.05) is 35.5 Å². The molecule has 0 saturated carbocycles. The summed E-state index contributed by atoms with van der Waals surface area (Å²) < 4.78 is 8.74. The molecule has 0 aliphatic carbocycles. The van der Waals surface area contributed by atoms with Crippen LogP contribution in [0.25, 0.3) is 16.9 Å². The van der Waals surface area contributed by atoms with Crippen molar-refractivity contribution in [2.24, 2.45) is 0 Å². The summed E-state index contributed by atoms with van der Waals surface area (Å²) in [5, 5.41) is 15.9. The predicted octanol–water partition coefficient (Wildman–Crippen LogP) is 3.21. The molecule has 9 nitrogen and oxygen atoms in total. The van der Waals surface area contributed by atoms with Crippen LogP contribution in [0.1, 0.15) is 5.56 Å². The van der Waals surface area contributed by atoms with Crippen molar-refractivity contribution in [1.29, 1.82) is 0 Å². The Morgan fingerprint density at radius 1 is 1.00 bits per heavy atom. The Bertz CT molecular complexity index is 1280. The minimum Gasteiger partial charge on any atom is -0.497 e. The lowest BCUT2D eigenvalue weighted by Crippen LogP contribution is -2.01. The molecule has 5 rings (SSSR count). The molecule has 0 atom stereocenters. The smallest absolute Gasteiger partial charge is 0.229 e. The fourth-order valence-corrected chi connectivity index (χ4v) is 3.10. The second kappa shape index (κ2) is 7.63. The fraction of sp³-hybridized carbons (Fsp3) is 0.0952. The zero-order chi connectivity index (χ0) is 20.3. The van der Waals surface area contributed by atoms with Gasteiger partial charge in [-0.05, 0) is 29.8 Å². The van der Waals surface area contributed by atoms with Gasteiger partial charge in [-0.3, -0.25) is 4.68 Å². The number of ether oxygens (including phenoxy) is 1. The molecule has 0 bridgehead atoms. The summed E-state index contributed by atoms with van der Waals surface area (Å²) in [5.74, 6) is 1.21. The lowest BCUT2D eigenvalue weighted by Gasteiger charge is -2.05. The van der Waals surface area contributed by atoms with Crippen LogP contribution in [-0.4, -0.2) is 41.9 Å². The first kappa shape index (κ1) is 17.8. The number of nitrogens with zero attached hydrogens (tertiary/aromatic N) is 7. The summed E-state index contributed by atoms with van der Waals surface area (Å²) in [6, 6.07) is 17.7. The number of benzene rings is 2. The Hall–Kier alpha value is -4.27. The first-order chi connectivity index (χ1) is 14.8. The van der Waals surface area contributed by atoms with Gasteiger partial charge in [-0.2, -0.15) is 14.8 Å². The molecule has 2 aromatic carbocycles. The molecule has 30 heavy (non-hydrogen) atoms. The average molecular weight is 398 g/mol. The van der Waals surface area contributed by atoms with Gasteiger partial charge < -0.3 is 10.1 Å². The van der Waals surface area contributed by atoms with E-state index in [1.807, 2.05) is 53.3 Å². The van der Waals surface area contributed by atoms with Crippen LogP contribution in [0.4, 0.5) is 11.6 Å². The van der Waals surface area contributed by atoms with Crippen molar-refractivity contribution >= 4 is 22.8 Å². The maximum atomic E-state index is 5.21. The van der Waals surface area contributed by atoms with Gasteiger partial charge in [0, 0.05) is 6.20 Å². The van der Waals surface area contributed by atoms with Crippen LogP contribution in [0.15, 0.2) is 73.2 Å². The Morgan fingerprint density at radius 2 is 1.83 bits per heavy atom. The zero-order valence-electron chi connectivity index (χ0n) is 16.2. The standard InChI is InChI=1S/C21H18N8O/c1-30-18-9-7-17(8-10-18)29-20-19(26-27-29)12-22-21(25-20)24-16-11-23-28(14-16)13-15-5-3-2-4-6-15/h2-12,14H,13H2,1H3,(H,22,24,25). The third-order valence-corrected chi connectivity index (χ3v) is 4.59. The molecule has 3 heterocycles. The van der Waals surface area contributed by atoms with Gasteiger partial charge in [0.1, 0.15) is 5.75 Å². The highest BCUT2D eigenvalue weighted by Gasteiger charge is 2.11. The SMILES string of the molecule is COc1ccc(-n2nnc3cnc(Nc4cnn(Cc5ccccc5)c4)nc32)cc1. The third-order valence-electron chi connectivity index (χ3n) is 4.59. The predicted molar refractivity (Wildman–Crippen MR) is 112 cm³/mol. The summed E-state index contributed by atoms with van der Waals surface area (Å²) in [6.45, 7) is 0.691. The minimum atomic E-state index is 0.443. The van der Waals surface area contributed by atoms with Crippen molar-refractivity contribution in [3.63, 3.8) is 0 Å². The average Bonchev–Trinajstić information content (AvgIpc) is 3.41. The van der Waals surface area contributed by atoms with Crippen LogP contribution in [0.5, 0.6) is 5.75 Å². The molecule has 0 radical (unpaired) electrons. The first-order valence-electron chi connectivity index (χ1n) is 9.35. The number of methoxy groups -OCH3 is 1. The molecule has 5 aromatic rings. The molecule has 0 unspecified atom stereocenters. The molecule has 0 spiro atoms. The molecule has 3 aromatic heterocycles. The van der Waals surface area contributed by atoms with E-state index in [1.54, 1.807) is 24.2 Å². The maximum Gasteiger partial charge on any atom is 0.229 e.